The summed E-state index contributed by atoms with van der Waals surface area (Å²) in [4.78, 5) is 0. The molecule has 88 valence electrons. The molecule has 1 aliphatic rings. The zero-order valence-corrected chi connectivity index (χ0v) is 10.6. The Kier molecular flexibility index (Phi) is 2.72. The monoisotopic (exact) mass is 295 g/mol. The van der Waals surface area contributed by atoms with Crippen LogP contribution in [0.2, 0.25) is 0 Å². The molecule has 1 aliphatic heterocycles. The van der Waals surface area contributed by atoms with Crippen molar-refractivity contribution in [2.45, 2.75) is 13.0 Å². The molecule has 0 saturated heterocycles. The van der Waals surface area contributed by atoms with Crippen LogP contribution in [0.25, 0.3) is 11.3 Å². The standard InChI is InChI=1S/C12H11BrFN3/c13-7-1-2-10(14)8(5-7)12-9-6-15-4-3-11(9)16-17-12/h1-2,5,15H,3-4,6H2,(H,16,17). The molecule has 5 heteroatoms. The zero-order valence-electron chi connectivity index (χ0n) is 9.06. The van der Waals surface area contributed by atoms with Crippen LogP contribution in [0.4, 0.5) is 4.39 Å². The largest absolute Gasteiger partial charge is 0.312 e. The molecule has 0 fully saturated rings. The summed E-state index contributed by atoms with van der Waals surface area (Å²) in [5.41, 5.74) is 3.44. The van der Waals surface area contributed by atoms with Crippen LogP contribution in [0, 0.1) is 5.82 Å². The molecule has 1 aromatic heterocycles. The fourth-order valence-corrected chi connectivity index (χ4v) is 2.49. The van der Waals surface area contributed by atoms with Gasteiger partial charge in [-0.15, -0.1) is 0 Å². The Morgan fingerprint density at radius 1 is 1.35 bits per heavy atom. The SMILES string of the molecule is Fc1ccc(Br)cc1-c1n[nH]c2c1CNCC2. The fraction of sp³-hybridized carbons (Fsp3) is 0.250. The maximum Gasteiger partial charge on any atom is 0.132 e. The highest BCUT2D eigenvalue weighted by Crippen LogP contribution is 2.29. The van der Waals surface area contributed by atoms with Crippen LogP contribution in [0.1, 0.15) is 11.3 Å². The molecule has 2 N–H and O–H groups in total. The van der Waals surface area contributed by atoms with E-state index in [1.165, 1.54) is 6.07 Å². The molecule has 0 amide bonds. The maximum atomic E-state index is 13.8. The number of hydrogen-bond acceptors (Lipinski definition) is 2. The van der Waals surface area contributed by atoms with Gasteiger partial charge in [-0.2, -0.15) is 5.10 Å². The second-order valence-electron chi connectivity index (χ2n) is 4.08. The summed E-state index contributed by atoms with van der Waals surface area (Å²) in [6.07, 6.45) is 0.915. The first-order chi connectivity index (χ1) is 8.25. The first-order valence-electron chi connectivity index (χ1n) is 5.48. The second-order valence-corrected chi connectivity index (χ2v) is 5.00. The molecule has 0 atom stereocenters. The third-order valence-electron chi connectivity index (χ3n) is 2.99. The van der Waals surface area contributed by atoms with Gasteiger partial charge in [-0.05, 0) is 18.2 Å². The van der Waals surface area contributed by atoms with Gasteiger partial charge in [-0.1, -0.05) is 15.9 Å². The lowest BCUT2D eigenvalue weighted by atomic mass is 10.0. The Morgan fingerprint density at radius 2 is 2.24 bits per heavy atom. The molecule has 1 aromatic carbocycles. The van der Waals surface area contributed by atoms with Crippen LogP contribution in [0.5, 0.6) is 0 Å². The topological polar surface area (TPSA) is 40.7 Å². The van der Waals surface area contributed by atoms with E-state index < -0.39 is 0 Å². The minimum atomic E-state index is -0.243. The first-order valence-corrected chi connectivity index (χ1v) is 6.27. The molecule has 0 radical (unpaired) electrons. The van der Waals surface area contributed by atoms with E-state index in [-0.39, 0.29) is 5.82 Å². The number of H-pyrrole nitrogens is 1. The van der Waals surface area contributed by atoms with Crippen LogP contribution < -0.4 is 5.32 Å². The van der Waals surface area contributed by atoms with Gasteiger partial charge in [0.1, 0.15) is 5.82 Å². The summed E-state index contributed by atoms with van der Waals surface area (Å²) in [5.74, 6) is -0.243. The molecule has 2 heterocycles. The summed E-state index contributed by atoms with van der Waals surface area (Å²) in [6, 6.07) is 4.91. The van der Waals surface area contributed by atoms with Gasteiger partial charge in [-0.3, -0.25) is 5.10 Å². The van der Waals surface area contributed by atoms with E-state index in [2.05, 4.69) is 31.4 Å². The summed E-state index contributed by atoms with van der Waals surface area (Å²) in [5, 5.41) is 10.5. The third-order valence-corrected chi connectivity index (χ3v) is 3.48. The van der Waals surface area contributed by atoms with Crippen molar-refractivity contribution in [2.24, 2.45) is 0 Å². The normalized spacial score (nSPS) is 14.7. The average Bonchev–Trinajstić information content (AvgIpc) is 2.76. The van der Waals surface area contributed by atoms with E-state index in [0.29, 0.717) is 11.3 Å². The van der Waals surface area contributed by atoms with Gasteiger partial charge in [0, 0.05) is 40.8 Å². The molecule has 3 nitrogen and oxygen atoms in total. The van der Waals surface area contributed by atoms with Crippen molar-refractivity contribution < 1.29 is 4.39 Å². The quantitative estimate of drug-likeness (QED) is 0.849. The van der Waals surface area contributed by atoms with Gasteiger partial charge in [-0.25, -0.2) is 4.39 Å². The number of nitrogens with one attached hydrogen (secondary N) is 2. The molecule has 2 aromatic rings. The van der Waals surface area contributed by atoms with E-state index in [4.69, 9.17) is 0 Å². The molecule has 3 rings (SSSR count). The number of benzene rings is 1. The number of fused-ring (bicyclic) bond motifs is 1. The van der Waals surface area contributed by atoms with Crippen LogP contribution in [0.15, 0.2) is 22.7 Å². The van der Waals surface area contributed by atoms with Gasteiger partial charge >= 0.3 is 0 Å². The van der Waals surface area contributed by atoms with E-state index in [1.54, 1.807) is 12.1 Å². The van der Waals surface area contributed by atoms with E-state index in [0.717, 1.165) is 35.2 Å². The highest BCUT2D eigenvalue weighted by Gasteiger charge is 2.19. The average molecular weight is 296 g/mol. The predicted octanol–water partition coefficient (Wildman–Crippen LogP) is 2.62. The third kappa shape index (κ3) is 1.89. The molecular weight excluding hydrogens is 285 g/mol. The van der Waals surface area contributed by atoms with Crippen LogP contribution in [-0.2, 0) is 13.0 Å². The molecule has 0 spiro atoms. The summed E-state index contributed by atoms with van der Waals surface area (Å²) < 4.78 is 14.7. The molecule has 17 heavy (non-hydrogen) atoms. The minimum absolute atomic E-state index is 0.243. The van der Waals surface area contributed by atoms with E-state index >= 15 is 0 Å². The zero-order chi connectivity index (χ0) is 11.8. The molecule has 0 bridgehead atoms. The number of rotatable bonds is 1. The van der Waals surface area contributed by atoms with Crippen LogP contribution in [-0.4, -0.2) is 16.7 Å². The molecule has 0 unspecified atom stereocenters. The van der Waals surface area contributed by atoms with E-state index in [1.807, 2.05) is 0 Å². The highest BCUT2D eigenvalue weighted by molar-refractivity contribution is 9.10. The Hall–Kier alpha value is -1.20. The fourth-order valence-electron chi connectivity index (χ4n) is 2.13. The van der Waals surface area contributed by atoms with Gasteiger partial charge in [0.05, 0.1) is 5.69 Å². The van der Waals surface area contributed by atoms with Gasteiger partial charge in [0.2, 0.25) is 0 Å². The highest BCUT2D eigenvalue weighted by atomic mass is 79.9. The van der Waals surface area contributed by atoms with Crippen molar-refractivity contribution in [3.8, 4) is 11.3 Å². The number of aromatic nitrogens is 2. The molecule has 0 aliphatic carbocycles. The Bertz CT molecular complexity index is 565. The lowest BCUT2D eigenvalue weighted by Crippen LogP contribution is -2.23. The summed E-state index contributed by atoms with van der Waals surface area (Å²) in [6.45, 7) is 1.68. The molecular formula is C12H11BrFN3. The van der Waals surface area contributed by atoms with Crippen molar-refractivity contribution in [1.82, 2.24) is 15.5 Å². The Labute approximate surface area is 107 Å². The number of nitrogens with zero attached hydrogens (tertiary/aromatic N) is 1. The summed E-state index contributed by atoms with van der Waals surface area (Å²) in [7, 11) is 0. The number of halogens is 2. The van der Waals surface area contributed by atoms with Gasteiger partial charge in [0.25, 0.3) is 0 Å². The van der Waals surface area contributed by atoms with Crippen molar-refractivity contribution in [3.05, 3.63) is 39.7 Å². The van der Waals surface area contributed by atoms with Gasteiger partial charge < -0.3 is 5.32 Å². The number of hydrogen-bond donors (Lipinski definition) is 2. The second kappa shape index (κ2) is 4.23. The van der Waals surface area contributed by atoms with Crippen molar-refractivity contribution in [2.75, 3.05) is 6.54 Å². The predicted molar refractivity (Wildman–Crippen MR) is 67.1 cm³/mol. The number of aromatic amines is 1. The van der Waals surface area contributed by atoms with Crippen LogP contribution >= 0.6 is 15.9 Å². The van der Waals surface area contributed by atoms with Crippen LogP contribution in [0.3, 0.4) is 0 Å². The van der Waals surface area contributed by atoms with Gasteiger partial charge in [0.15, 0.2) is 0 Å². The van der Waals surface area contributed by atoms with Crippen molar-refractivity contribution in [1.29, 1.82) is 0 Å². The Morgan fingerprint density at radius 3 is 3.12 bits per heavy atom. The molecule has 0 saturated carbocycles. The smallest absolute Gasteiger partial charge is 0.132 e. The lowest BCUT2D eigenvalue weighted by Gasteiger charge is -2.13. The lowest BCUT2D eigenvalue weighted by molar-refractivity contribution is 0.627. The Balaban J connectivity index is 2.15. The van der Waals surface area contributed by atoms with E-state index in [9.17, 15) is 4.39 Å². The van der Waals surface area contributed by atoms with Crippen molar-refractivity contribution >= 4 is 15.9 Å². The first kappa shape index (κ1) is 10.9. The minimum Gasteiger partial charge on any atom is -0.312 e. The summed E-state index contributed by atoms with van der Waals surface area (Å²) >= 11 is 3.36. The van der Waals surface area contributed by atoms with Crippen molar-refractivity contribution in [3.63, 3.8) is 0 Å². The maximum absolute atomic E-state index is 13.8.